The molecule has 0 unspecified atom stereocenters. The van der Waals surface area contributed by atoms with E-state index in [-0.39, 0.29) is 23.1 Å². The highest BCUT2D eigenvalue weighted by Crippen LogP contribution is 2.15. The van der Waals surface area contributed by atoms with Crippen LogP contribution in [0.3, 0.4) is 0 Å². The van der Waals surface area contributed by atoms with Crippen molar-refractivity contribution in [2.45, 2.75) is 0 Å². The minimum Gasteiger partial charge on any atom is -0.378 e. The van der Waals surface area contributed by atoms with Crippen LogP contribution < -0.4 is 5.32 Å². The van der Waals surface area contributed by atoms with Crippen LogP contribution in [0.4, 0.5) is 14.5 Å². The normalized spacial score (nSPS) is 14.7. The summed E-state index contributed by atoms with van der Waals surface area (Å²) < 4.78 is 31.3. The monoisotopic (exact) mass is 330 g/mol. The molecule has 0 atom stereocenters. The van der Waals surface area contributed by atoms with E-state index >= 15 is 0 Å². The highest BCUT2D eigenvalue weighted by atomic mass is 32.2. The minimum absolute atomic E-state index is 0.0207. The fourth-order valence-corrected chi connectivity index (χ4v) is 2.63. The molecule has 1 aliphatic rings. The topological polar surface area (TPSA) is 58.6 Å². The largest absolute Gasteiger partial charge is 0.378 e. The lowest BCUT2D eigenvalue weighted by Gasteiger charge is -2.26. The Morgan fingerprint density at radius 3 is 2.64 bits per heavy atom. The van der Waals surface area contributed by atoms with E-state index in [9.17, 15) is 18.4 Å². The zero-order chi connectivity index (χ0) is 15.9. The summed E-state index contributed by atoms with van der Waals surface area (Å²) in [6.45, 7) is 2.18. The van der Waals surface area contributed by atoms with Crippen LogP contribution in [0.2, 0.25) is 0 Å². The number of nitrogens with one attached hydrogen (secondary N) is 1. The molecule has 1 fully saturated rings. The Morgan fingerprint density at radius 2 is 1.95 bits per heavy atom. The van der Waals surface area contributed by atoms with Crippen LogP contribution in [0.5, 0.6) is 0 Å². The van der Waals surface area contributed by atoms with Gasteiger partial charge in [-0.05, 0) is 12.1 Å². The van der Waals surface area contributed by atoms with Crippen LogP contribution in [0.15, 0.2) is 18.2 Å². The Hall–Kier alpha value is -1.67. The van der Waals surface area contributed by atoms with E-state index in [4.69, 9.17) is 4.74 Å². The number of anilines is 1. The first-order chi connectivity index (χ1) is 10.6. The Balaban J connectivity index is 1.72. The molecular weight excluding hydrogens is 314 g/mol. The maximum Gasteiger partial charge on any atom is 0.234 e. The molecule has 1 aromatic carbocycles. The second-order valence-electron chi connectivity index (χ2n) is 4.66. The molecule has 8 heteroatoms. The van der Waals surface area contributed by atoms with Crippen LogP contribution in [0.25, 0.3) is 0 Å². The van der Waals surface area contributed by atoms with Crippen LogP contribution in [-0.4, -0.2) is 54.5 Å². The molecule has 1 N–H and O–H groups in total. The molecular formula is C14H16F2N2O3S. The molecule has 1 saturated heterocycles. The maximum atomic E-state index is 13.4. The lowest BCUT2D eigenvalue weighted by molar-refractivity contribution is -0.132. The fourth-order valence-electron chi connectivity index (χ4n) is 1.91. The zero-order valence-electron chi connectivity index (χ0n) is 11.8. The molecule has 2 amide bonds. The van der Waals surface area contributed by atoms with Crippen molar-refractivity contribution < 1.29 is 23.1 Å². The molecule has 1 aliphatic heterocycles. The van der Waals surface area contributed by atoms with Gasteiger partial charge < -0.3 is 15.0 Å². The summed E-state index contributed by atoms with van der Waals surface area (Å²) in [5.41, 5.74) is -0.0773. The van der Waals surface area contributed by atoms with Crippen LogP contribution in [-0.2, 0) is 14.3 Å². The molecule has 22 heavy (non-hydrogen) atoms. The average molecular weight is 330 g/mol. The predicted molar refractivity (Wildman–Crippen MR) is 79.7 cm³/mol. The summed E-state index contributed by atoms with van der Waals surface area (Å²) in [4.78, 5) is 25.2. The van der Waals surface area contributed by atoms with Crippen molar-refractivity contribution >= 4 is 29.3 Å². The average Bonchev–Trinajstić information content (AvgIpc) is 2.51. The highest BCUT2D eigenvalue weighted by Gasteiger charge is 2.17. The quantitative estimate of drug-likeness (QED) is 0.889. The van der Waals surface area contributed by atoms with E-state index in [0.717, 1.165) is 23.9 Å². The van der Waals surface area contributed by atoms with Gasteiger partial charge >= 0.3 is 0 Å². The Morgan fingerprint density at radius 1 is 1.23 bits per heavy atom. The number of morpholine rings is 1. The van der Waals surface area contributed by atoms with Gasteiger partial charge in [0.05, 0.1) is 30.4 Å². The van der Waals surface area contributed by atoms with Gasteiger partial charge in [-0.1, -0.05) is 0 Å². The van der Waals surface area contributed by atoms with E-state index in [2.05, 4.69) is 5.32 Å². The first-order valence-corrected chi connectivity index (χ1v) is 7.90. The molecule has 0 bridgehead atoms. The van der Waals surface area contributed by atoms with Crippen LogP contribution >= 0.6 is 11.8 Å². The number of hydrogen-bond donors (Lipinski definition) is 1. The maximum absolute atomic E-state index is 13.4. The Kier molecular flexibility index (Phi) is 6.14. The third-order valence-corrected chi connectivity index (χ3v) is 3.95. The molecule has 0 aliphatic carbocycles. The van der Waals surface area contributed by atoms with Crippen molar-refractivity contribution in [3.05, 3.63) is 29.8 Å². The number of carbonyl (C=O) groups is 2. The molecule has 1 heterocycles. The number of nitrogens with zero attached hydrogens (tertiary/aromatic N) is 1. The molecule has 2 rings (SSSR count). The Labute approximate surface area is 131 Å². The van der Waals surface area contributed by atoms with Crippen molar-refractivity contribution in [3.63, 3.8) is 0 Å². The summed E-state index contributed by atoms with van der Waals surface area (Å²) >= 11 is 1.15. The summed E-state index contributed by atoms with van der Waals surface area (Å²) in [5, 5.41) is 2.34. The number of halogens is 2. The van der Waals surface area contributed by atoms with E-state index in [1.807, 2.05) is 0 Å². The van der Waals surface area contributed by atoms with E-state index in [1.165, 1.54) is 0 Å². The van der Waals surface area contributed by atoms with Gasteiger partial charge in [-0.25, -0.2) is 8.78 Å². The lowest BCUT2D eigenvalue weighted by atomic mass is 10.3. The third kappa shape index (κ3) is 4.96. The SMILES string of the molecule is O=C(CSCC(=O)N1CCOCC1)Nc1ccc(F)cc1F. The summed E-state index contributed by atoms with van der Waals surface area (Å²) in [7, 11) is 0. The number of benzene rings is 1. The number of hydrogen-bond acceptors (Lipinski definition) is 4. The number of rotatable bonds is 5. The van der Waals surface area contributed by atoms with Crippen molar-refractivity contribution in [2.24, 2.45) is 0 Å². The van der Waals surface area contributed by atoms with Gasteiger partial charge in [0.2, 0.25) is 11.8 Å². The van der Waals surface area contributed by atoms with Crippen LogP contribution in [0, 0.1) is 11.6 Å². The minimum atomic E-state index is -0.831. The summed E-state index contributed by atoms with van der Waals surface area (Å²) in [6, 6.07) is 2.92. The molecule has 1 aromatic rings. The standard InChI is InChI=1S/C14H16F2N2O3S/c15-10-1-2-12(11(16)7-10)17-13(19)8-22-9-14(20)18-3-5-21-6-4-18/h1-2,7H,3-6,8-9H2,(H,17,19). The van der Waals surface area contributed by atoms with Gasteiger partial charge in [0.25, 0.3) is 0 Å². The van der Waals surface area contributed by atoms with Gasteiger partial charge in [0.1, 0.15) is 11.6 Å². The van der Waals surface area contributed by atoms with Crippen molar-refractivity contribution in [3.8, 4) is 0 Å². The van der Waals surface area contributed by atoms with Crippen molar-refractivity contribution in [1.82, 2.24) is 4.90 Å². The molecule has 0 radical (unpaired) electrons. The first kappa shape index (κ1) is 16.7. The van der Waals surface area contributed by atoms with Gasteiger partial charge in [0, 0.05) is 19.2 Å². The number of ether oxygens (including phenoxy) is 1. The zero-order valence-corrected chi connectivity index (χ0v) is 12.6. The number of thioether (sulfide) groups is 1. The van der Waals surface area contributed by atoms with E-state index < -0.39 is 17.5 Å². The molecule has 0 spiro atoms. The third-order valence-electron chi connectivity index (χ3n) is 3.03. The van der Waals surface area contributed by atoms with Crippen LogP contribution in [0.1, 0.15) is 0 Å². The summed E-state index contributed by atoms with van der Waals surface area (Å²) in [6.07, 6.45) is 0. The van der Waals surface area contributed by atoms with Gasteiger partial charge in [-0.3, -0.25) is 9.59 Å². The highest BCUT2D eigenvalue weighted by molar-refractivity contribution is 8.00. The first-order valence-electron chi connectivity index (χ1n) is 6.74. The second kappa shape index (κ2) is 8.09. The molecule has 0 saturated carbocycles. The van der Waals surface area contributed by atoms with Gasteiger partial charge in [-0.15, -0.1) is 11.8 Å². The number of carbonyl (C=O) groups excluding carboxylic acids is 2. The van der Waals surface area contributed by atoms with Crippen molar-refractivity contribution in [1.29, 1.82) is 0 Å². The van der Waals surface area contributed by atoms with E-state index in [1.54, 1.807) is 4.90 Å². The summed E-state index contributed by atoms with van der Waals surface area (Å²) in [5.74, 6) is -1.82. The second-order valence-corrected chi connectivity index (χ2v) is 5.64. The van der Waals surface area contributed by atoms with E-state index in [0.29, 0.717) is 32.4 Å². The molecule has 0 aromatic heterocycles. The Bertz CT molecular complexity index is 551. The molecule has 120 valence electrons. The van der Waals surface area contributed by atoms with Crippen molar-refractivity contribution in [2.75, 3.05) is 43.1 Å². The smallest absolute Gasteiger partial charge is 0.234 e. The fraction of sp³-hybridized carbons (Fsp3) is 0.429. The van der Waals surface area contributed by atoms with Gasteiger partial charge in [0.15, 0.2) is 0 Å². The van der Waals surface area contributed by atoms with Gasteiger partial charge in [-0.2, -0.15) is 0 Å². The molecule has 5 nitrogen and oxygen atoms in total. The number of amides is 2. The lowest BCUT2D eigenvalue weighted by Crippen LogP contribution is -2.41. The predicted octanol–water partition coefficient (Wildman–Crippen LogP) is 1.50.